The highest BCUT2D eigenvalue weighted by Crippen LogP contribution is 2.17. The quantitative estimate of drug-likeness (QED) is 0.848. The molecule has 1 fully saturated rings. The first-order chi connectivity index (χ1) is 8.70. The highest BCUT2D eigenvalue weighted by molar-refractivity contribution is 5.21. The van der Waals surface area contributed by atoms with E-state index in [1.807, 2.05) is 0 Å². The molecular formula is C15H24N2O. The molecule has 3 heteroatoms. The fourth-order valence-corrected chi connectivity index (χ4v) is 2.66. The second-order valence-corrected chi connectivity index (χ2v) is 5.33. The molecule has 1 saturated heterocycles. The van der Waals surface area contributed by atoms with Gasteiger partial charge in [0.05, 0.1) is 0 Å². The first-order valence-electron chi connectivity index (χ1n) is 6.83. The Morgan fingerprint density at radius 3 is 2.67 bits per heavy atom. The number of nitrogens with one attached hydrogen (secondary N) is 1. The van der Waals surface area contributed by atoms with E-state index in [9.17, 15) is 5.11 Å². The molecule has 0 radical (unpaired) electrons. The van der Waals surface area contributed by atoms with Crippen molar-refractivity contribution in [1.82, 2.24) is 10.2 Å². The van der Waals surface area contributed by atoms with Crippen molar-refractivity contribution in [3.8, 4) is 0 Å². The van der Waals surface area contributed by atoms with E-state index in [4.69, 9.17) is 0 Å². The number of aliphatic hydroxyl groups is 1. The highest BCUT2D eigenvalue weighted by atomic mass is 16.3. The molecule has 1 heterocycles. The number of hydrogen-bond acceptors (Lipinski definition) is 3. The van der Waals surface area contributed by atoms with Gasteiger partial charge in [-0.3, -0.25) is 4.90 Å². The zero-order valence-corrected chi connectivity index (χ0v) is 11.4. The van der Waals surface area contributed by atoms with Gasteiger partial charge in [-0.15, -0.1) is 0 Å². The summed E-state index contributed by atoms with van der Waals surface area (Å²) in [5.74, 6) is 0. The van der Waals surface area contributed by atoms with Crippen molar-refractivity contribution in [3.63, 3.8) is 0 Å². The lowest BCUT2D eigenvalue weighted by Gasteiger charge is -2.41. The highest BCUT2D eigenvalue weighted by Gasteiger charge is 2.26. The van der Waals surface area contributed by atoms with Crippen LogP contribution in [0.3, 0.4) is 0 Å². The fourth-order valence-electron chi connectivity index (χ4n) is 2.66. The Labute approximate surface area is 110 Å². The van der Waals surface area contributed by atoms with E-state index in [1.54, 1.807) is 0 Å². The van der Waals surface area contributed by atoms with Gasteiger partial charge in [0.15, 0.2) is 0 Å². The molecule has 0 bridgehead atoms. The summed E-state index contributed by atoms with van der Waals surface area (Å²) in [5.41, 5.74) is 2.66. The van der Waals surface area contributed by atoms with Crippen molar-refractivity contribution < 1.29 is 5.11 Å². The number of aryl methyl sites for hydroxylation is 1. The molecule has 1 aliphatic rings. The van der Waals surface area contributed by atoms with Gasteiger partial charge in [0.2, 0.25) is 0 Å². The van der Waals surface area contributed by atoms with Crippen LogP contribution in [0.25, 0.3) is 0 Å². The summed E-state index contributed by atoms with van der Waals surface area (Å²) in [6.07, 6.45) is 0.850. The summed E-state index contributed by atoms with van der Waals surface area (Å²) < 4.78 is 0. The molecule has 2 N–H and O–H groups in total. The average Bonchev–Trinajstić information content (AvgIpc) is 2.36. The lowest BCUT2D eigenvalue weighted by atomic mass is 10.0. The van der Waals surface area contributed by atoms with E-state index >= 15 is 0 Å². The molecule has 1 aromatic carbocycles. The van der Waals surface area contributed by atoms with Gasteiger partial charge in [0, 0.05) is 38.3 Å². The van der Waals surface area contributed by atoms with Gasteiger partial charge >= 0.3 is 0 Å². The third-order valence-electron chi connectivity index (χ3n) is 3.80. The van der Waals surface area contributed by atoms with Crippen LogP contribution in [0.15, 0.2) is 24.3 Å². The van der Waals surface area contributed by atoms with Crippen LogP contribution in [0.5, 0.6) is 0 Å². The van der Waals surface area contributed by atoms with Crippen LogP contribution in [0.1, 0.15) is 24.5 Å². The summed E-state index contributed by atoms with van der Waals surface area (Å²) in [6, 6.07) is 9.73. The lowest BCUT2D eigenvalue weighted by Crippen LogP contribution is -2.55. The number of benzene rings is 1. The average molecular weight is 248 g/mol. The SMILES string of the molecule is Cc1ccc(CN2C(C)CNCC2CCO)cc1. The molecule has 2 rings (SSSR count). The van der Waals surface area contributed by atoms with E-state index in [0.717, 1.165) is 26.1 Å². The van der Waals surface area contributed by atoms with Crippen molar-refractivity contribution in [2.75, 3.05) is 19.7 Å². The van der Waals surface area contributed by atoms with Crippen LogP contribution >= 0.6 is 0 Å². The van der Waals surface area contributed by atoms with Crippen LogP contribution in [-0.2, 0) is 6.54 Å². The van der Waals surface area contributed by atoms with Gasteiger partial charge in [-0.05, 0) is 25.8 Å². The Balaban J connectivity index is 2.05. The maximum Gasteiger partial charge on any atom is 0.0446 e. The predicted octanol–water partition coefficient (Wildman–Crippen LogP) is 1.54. The predicted molar refractivity (Wildman–Crippen MR) is 74.5 cm³/mol. The van der Waals surface area contributed by atoms with Crippen LogP contribution in [0.4, 0.5) is 0 Å². The summed E-state index contributed by atoms with van der Waals surface area (Å²) in [6.45, 7) is 7.64. The number of hydrogen-bond donors (Lipinski definition) is 2. The van der Waals surface area contributed by atoms with E-state index in [-0.39, 0.29) is 6.61 Å². The monoisotopic (exact) mass is 248 g/mol. The molecule has 1 aromatic rings. The summed E-state index contributed by atoms with van der Waals surface area (Å²) >= 11 is 0. The van der Waals surface area contributed by atoms with Crippen molar-refractivity contribution in [3.05, 3.63) is 35.4 Å². The molecule has 0 saturated carbocycles. The van der Waals surface area contributed by atoms with Crippen LogP contribution in [0, 0.1) is 6.92 Å². The number of aliphatic hydroxyl groups excluding tert-OH is 1. The lowest BCUT2D eigenvalue weighted by molar-refractivity contribution is 0.0790. The second kappa shape index (κ2) is 6.32. The zero-order valence-electron chi connectivity index (χ0n) is 11.4. The first-order valence-corrected chi connectivity index (χ1v) is 6.83. The van der Waals surface area contributed by atoms with Gasteiger partial charge in [-0.2, -0.15) is 0 Å². The van der Waals surface area contributed by atoms with Crippen LogP contribution in [-0.4, -0.2) is 41.8 Å². The number of piperazine rings is 1. The largest absolute Gasteiger partial charge is 0.396 e. The molecule has 1 aliphatic heterocycles. The zero-order chi connectivity index (χ0) is 13.0. The molecule has 0 aromatic heterocycles. The summed E-state index contributed by atoms with van der Waals surface area (Å²) in [5, 5.41) is 12.6. The Kier molecular flexibility index (Phi) is 4.75. The maximum atomic E-state index is 9.17. The first kappa shape index (κ1) is 13.5. The molecule has 100 valence electrons. The molecule has 0 aliphatic carbocycles. The third kappa shape index (κ3) is 3.31. The summed E-state index contributed by atoms with van der Waals surface area (Å²) in [7, 11) is 0. The van der Waals surface area contributed by atoms with Gasteiger partial charge in [0.1, 0.15) is 0 Å². The molecule has 2 unspecified atom stereocenters. The number of rotatable bonds is 4. The van der Waals surface area contributed by atoms with E-state index in [1.165, 1.54) is 11.1 Å². The topological polar surface area (TPSA) is 35.5 Å². The van der Waals surface area contributed by atoms with Gasteiger partial charge < -0.3 is 10.4 Å². The third-order valence-corrected chi connectivity index (χ3v) is 3.80. The van der Waals surface area contributed by atoms with E-state index in [0.29, 0.717) is 12.1 Å². The Hall–Kier alpha value is -0.900. The maximum absolute atomic E-state index is 9.17. The van der Waals surface area contributed by atoms with E-state index in [2.05, 4.69) is 48.3 Å². The molecule has 0 amide bonds. The van der Waals surface area contributed by atoms with Crippen molar-refractivity contribution in [2.45, 2.75) is 38.9 Å². The Morgan fingerprint density at radius 1 is 1.28 bits per heavy atom. The summed E-state index contributed by atoms with van der Waals surface area (Å²) in [4.78, 5) is 2.51. The fraction of sp³-hybridized carbons (Fsp3) is 0.600. The van der Waals surface area contributed by atoms with Crippen LogP contribution in [0.2, 0.25) is 0 Å². The van der Waals surface area contributed by atoms with Gasteiger partial charge in [-0.1, -0.05) is 29.8 Å². The van der Waals surface area contributed by atoms with E-state index < -0.39 is 0 Å². The standard InChI is InChI=1S/C15H24N2O/c1-12-3-5-14(6-4-12)11-17-13(2)9-16-10-15(17)7-8-18/h3-6,13,15-16,18H,7-11H2,1-2H3. The molecule has 0 spiro atoms. The minimum absolute atomic E-state index is 0.267. The van der Waals surface area contributed by atoms with Crippen molar-refractivity contribution >= 4 is 0 Å². The molecular weight excluding hydrogens is 224 g/mol. The smallest absolute Gasteiger partial charge is 0.0446 e. The van der Waals surface area contributed by atoms with Crippen LogP contribution < -0.4 is 5.32 Å². The second-order valence-electron chi connectivity index (χ2n) is 5.33. The Morgan fingerprint density at radius 2 is 2.00 bits per heavy atom. The molecule has 2 atom stereocenters. The van der Waals surface area contributed by atoms with Gasteiger partial charge in [0.25, 0.3) is 0 Å². The normalized spacial score (nSPS) is 25.3. The van der Waals surface area contributed by atoms with Crippen molar-refractivity contribution in [2.24, 2.45) is 0 Å². The molecule has 3 nitrogen and oxygen atoms in total. The van der Waals surface area contributed by atoms with Gasteiger partial charge in [-0.25, -0.2) is 0 Å². The Bertz CT molecular complexity index is 361. The van der Waals surface area contributed by atoms with Crippen molar-refractivity contribution in [1.29, 1.82) is 0 Å². The molecule has 18 heavy (non-hydrogen) atoms. The minimum Gasteiger partial charge on any atom is -0.396 e. The minimum atomic E-state index is 0.267. The number of nitrogens with zero attached hydrogens (tertiary/aromatic N) is 1.